The van der Waals surface area contributed by atoms with E-state index in [0.29, 0.717) is 6.54 Å². The molecule has 0 aromatic heterocycles. The molecule has 0 radical (unpaired) electrons. The van der Waals surface area contributed by atoms with Crippen molar-refractivity contribution >= 4 is 33.2 Å². The summed E-state index contributed by atoms with van der Waals surface area (Å²) < 4.78 is 27.1. The van der Waals surface area contributed by atoms with Crippen molar-refractivity contribution < 1.29 is 8.42 Å². The number of benzene rings is 1. The average molecular weight is 309 g/mol. The molecule has 0 saturated carbocycles. The molecule has 1 saturated heterocycles. The number of halogens is 2. The summed E-state index contributed by atoms with van der Waals surface area (Å²) in [6.45, 7) is 1.55. The molecule has 100 valence electrons. The molecular weight excluding hydrogens is 295 g/mol. The van der Waals surface area contributed by atoms with Crippen LogP contribution < -0.4 is 10.0 Å². The second kappa shape index (κ2) is 5.75. The van der Waals surface area contributed by atoms with E-state index in [1.54, 1.807) is 6.07 Å². The van der Waals surface area contributed by atoms with E-state index in [0.717, 1.165) is 19.4 Å². The Bertz CT molecular complexity index is 508. The van der Waals surface area contributed by atoms with Gasteiger partial charge in [-0.25, -0.2) is 13.1 Å². The summed E-state index contributed by atoms with van der Waals surface area (Å²) in [5.41, 5.74) is 0. The highest BCUT2D eigenvalue weighted by Gasteiger charge is 2.25. The number of piperidine rings is 1. The second-order valence-electron chi connectivity index (χ2n) is 4.22. The maximum Gasteiger partial charge on any atom is 0.243 e. The molecule has 1 aromatic rings. The van der Waals surface area contributed by atoms with Crippen LogP contribution in [0, 0.1) is 0 Å². The molecule has 1 aliphatic heterocycles. The summed E-state index contributed by atoms with van der Waals surface area (Å²) in [6.07, 6.45) is 1.76. The van der Waals surface area contributed by atoms with Gasteiger partial charge >= 0.3 is 0 Å². The largest absolute Gasteiger partial charge is 0.315 e. The Kier molecular flexibility index (Phi) is 4.50. The minimum Gasteiger partial charge on any atom is -0.315 e. The monoisotopic (exact) mass is 308 g/mol. The summed E-state index contributed by atoms with van der Waals surface area (Å²) >= 11 is 11.8. The lowest BCUT2D eigenvalue weighted by molar-refractivity contribution is 0.428. The number of hydrogen-bond acceptors (Lipinski definition) is 3. The molecule has 1 atom stereocenters. The van der Waals surface area contributed by atoms with Crippen LogP contribution in [0.2, 0.25) is 10.0 Å². The van der Waals surface area contributed by atoms with Crippen LogP contribution in [0.15, 0.2) is 23.1 Å². The van der Waals surface area contributed by atoms with Crippen LogP contribution in [-0.4, -0.2) is 27.5 Å². The van der Waals surface area contributed by atoms with E-state index in [1.165, 1.54) is 12.1 Å². The smallest absolute Gasteiger partial charge is 0.243 e. The van der Waals surface area contributed by atoms with Gasteiger partial charge in [0, 0.05) is 12.6 Å². The van der Waals surface area contributed by atoms with E-state index in [-0.39, 0.29) is 21.0 Å². The third-order valence-corrected chi connectivity index (χ3v) is 5.28. The molecule has 2 rings (SSSR count). The standard InChI is InChI=1S/C11H14Cl2N2O2S/c12-9-4-1-5-10(13)11(9)18(16,17)15-8-3-2-6-14-7-8/h1,4-5,8,14-15H,2-3,6-7H2/t8-/m0/s1. The maximum atomic E-state index is 12.2. The van der Waals surface area contributed by atoms with E-state index in [4.69, 9.17) is 23.2 Å². The van der Waals surface area contributed by atoms with Crippen molar-refractivity contribution in [1.29, 1.82) is 0 Å². The summed E-state index contributed by atoms with van der Waals surface area (Å²) in [4.78, 5) is -0.0427. The van der Waals surface area contributed by atoms with E-state index < -0.39 is 10.0 Å². The van der Waals surface area contributed by atoms with Crippen molar-refractivity contribution in [2.45, 2.75) is 23.8 Å². The SMILES string of the molecule is O=S(=O)(N[C@H]1CCCNC1)c1c(Cl)cccc1Cl. The lowest BCUT2D eigenvalue weighted by atomic mass is 10.1. The zero-order valence-electron chi connectivity index (χ0n) is 9.62. The Morgan fingerprint density at radius 3 is 2.50 bits per heavy atom. The van der Waals surface area contributed by atoms with E-state index in [2.05, 4.69) is 10.0 Å². The Hall–Kier alpha value is -0.330. The average Bonchev–Trinajstić information content (AvgIpc) is 2.28. The molecule has 0 amide bonds. The first-order valence-electron chi connectivity index (χ1n) is 5.68. The fraction of sp³-hybridized carbons (Fsp3) is 0.455. The summed E-state index contributed by atoms with van der Waals surface area (Å²) in [5, 5.41) is 3.42. The topological polar surface area (TPSA) is 58.2 Å². The maximum absolute atomic E-state index is 12.2. The molecule has 0 spiro atoms. The lowest BCUT2D eigenvalue weighted by Crippen LogP contribution is -2.45. The van der Waals surface area contributed by atoms with Crippen molar-refractivity contribution in [3.8, 4) is 0 Å². The predicted octanol–water partition coefficient (Wildman–Crippen LogP) is 2.02. The molecular formula is C11H14Cl2N2O2S. The summed E-state index contributed by atoms with van der Waals surface area (Å²) in [6, 6.07) is 4.53. The minimum atomic E-state index is -3.68. The fourth-order valence-corrected chi connectivity index (χ4v) is 4.38. The second-order valence-corrected chi connectivity index (χ2v) is 6.68. The zero-order chi connectivity index (χ0) is 13.2. The number of sulfonamides is 1. The molecule has 1 fully saturated rings. The third-order valence-electron chi connectivity index (χ3n) is 2.81. The van der Waals surface area contributed by atoms with Gasteiger partial charge in [0.25, 0.3) is 0 Å². The van der Waals surface area contributed by atoms with Crippen molar-refractivity contribution in [2.75, 3.05) is 13.1 Å². The lowest BCUT2D eigenvalue weighted by Gasteiger charge is -2.24. The van der Waals surface area contributed by atoms with Crippen LogP contribution in [0.3, 0.4) is 0 Å². The fourth-order valence-electron chi connectivity index (χ4n) is 1.97. The van der Waals surface area contributed by atoms with Gasteiger partial charge in [0.05, 0.1) is 10.0 Å². The highest BCUT2D eigenvalue weighted by atomic mass is 35.5. The minimum absolute atomic E-state index is 0.0427. The highest BCUT2D eigenvalue weighted by Crippen LogP contribution is 2.29. The van der Waals surface area contributed by atoms with Gasteiger partial charge in [-0.05, 0) is 31.5 Å². The number of hydrogen-bond donors (Lipinski definition) is 2. The van der Waals surface area contributed by atoms with Crippen molar-refractivity contribution in [3.05, 3.63) is 28.2 Å². The van der Waals surface area contributed by atoms with Crippen LogP contribution >= 0.6 is 23.2 Å². The van der Waals surface area contributed by atoms with Gasteiger partial charge in [-0.15, -0.1) is 0 Å². The van der Waals surface area contributed by atoms with Crippen LogP contribution in [-0.2, 0) is 10.0 Å². The Labute approximate surface area is 117 Å². The molecule has 0 unspecified atom stereocenters. The molecule has 0 bridgehead atoms. The normalized spacial score (nSPS) is 20.9. The van der Waals surface area contributed by atoms with Gasteiger partial charge in [0.15, 0.2) is 0 Å². The van der Waals surface area contributed by atoms with Gasteiger partial charge in [0.1, 0.15) is 4.90 Å². The van der Waals surface area contributed by atoms with Gasteiger partial charge in [-0.2, -0.15) is 0 Å². The molecule has 18 heavy (non-hydrogen) atoms. The predicted molar refractivity (Wildman–Crippen MR) is 72.7 cm³/mol. The Morgan fingerprint density at radius 1 is 1.28 bits per heavy atom. The Morgan fingerprint density at radius 2 is 1.94 bits per heavy atom. The van der Waals surface area contributed by atoms with Crippen molar-refractivity contribution in [2.24, 2.45) is 0 Å². The van der Waals surface area contributed by atoms with Gasteiger partial charge in [-0.1, -0.05) is 29.3 Å². The Balaban J connectivity index is 2.25. The van der Waals surface area contributed by atoms with Crippen LogP contribution in [0.4, 0.5) is 0 Å². The molecule has 1 heterocycles. The highest BCUT2D eigenvalue weighted by molar-refractivity contribution is 7.89. The van der Waals surface area contributed by atoms with E-state index in [9.17, 15) is 8.42 Å². The van der Waals surface area contributed by atoms with E-state index in [1.807, 2.05) is 0 Å². The van der Waals surface area contributed by atoms with Gasteiger partial charge in [-0.3, -0.25) is 0 Å². The van der Waals surface area contributed by atoms with Crippen LogP contribution in [0.5, 0.6) is 0 Å². The van der Waals surface area contributed by atoms with Gasteiger partial charge < -0.3 is 5.32 Å². The van der Waals surface area contributed by atoms with E-state index >= 15 is 0 Å². The number of rotatable bonds is 3. The van der Waals surface area contributed by atoms with Crippen molar-refractivity contribution in [3.63, 3.8) is 0 Å². The molecule has 1 aromatic carbocycles. The number of nitrogens with one attached hydrogen (secondary N) is 2. The summed E-state index contributed by atoms with van der Waals surface area (Å²) in [7, 11) is -3.68. The quantitative estimate of drug-likeness (QED) is 0.898. The first kappa shape index (κ1) is 14.1. The summed E-state index contributed by atoms with van der Waals surface area (Å²) in [5.74, 6) is 0. The first-order chi connectivity index (χ1) is 8.50. The van der Waals surface area contributed by atoms with Crippen LogP contribution in [0.1, 0.15) is 12.8 Å². The molecule has 2 N–H and O–H groups in total. The van der Waals surface area contributed by atoms with Crippen molar-refractivity contribution in [1.82, 2.24) is 10.0 Å². The molecule has 1 aliphatic rings. The molecule has 7 heteroatoms. The molecule has 4 nitrogen and oxygen atoms in total. The first-order valence-corrected chi connectivity index (χ1v) is 7.91. The third kappa shape index (κ3) is 3.16. The van der Waals surface area contributed by atoms with Gasteiger partial charge in [0.2, 0.25) is 10.0 Å². The van der Waals surface area contributed by atoms with Crippen LogP contribution in [0.25, 0.3) is 0 Å². The molecule has 0 aliphatic carbocycles. The zero-order valence-corrected chi connectivity index (χ0v) is 11.9.